The summed E-state index contributed by atoms with van der Waals surface area (Å²) in [5.74, 6) is 2.46. The molecule has 182 valence electrons. The van der Waals surface area contributed by atoms with Gasteiger partial charge in [0.05, 0.1) is 19.9 Å². The van der Waals surface area contributed by atoms with E-state index < -0.39 is 0 Å². The standard InChI is InChI=1S/C25H32N6O2.HI/c1-26-25(27-16-19-5-7-22(8-6-19)31-11-4-10-28-31)29-21-9-12-30(18-21)17-20-13-23(32-2)15-24(14-20)33-3;/h4-8,10-11,13-15,21H,9,12,16-18H2,1-3H3,(H2,26,27,29);1H. The Morgan fingerprint density at radius 2 is 1.82 bits per heavy atom. The number of benzene rings is 2. The number of nitrogens with zero attached hydrogens (tertiary/aromatic N) is 4. The lowest BCUT2D eigenvalue weighted by Crippen LogP contribution is -2.44. The maximum Gasteiger partial charge on any atom is 0.191 e. The molecule has 0 spiro atoms. The van der Waals surface area contributed by atoms with Crippen molar-refractivity contribution in [2.45, 2.75) is 25.6 Å². The summed E-state index contributed by atoms with van der Waals surface area (Å²) in [6, 6.07) is 16.7. The Morgan fingerprint density at radius 3 is 2.44 bits per heavy atom. The maximum absolute atomic E-state index is 5.40. The van der Waals surface area contributed by atoms with E-state index in [0.29, 0.717) is 12.6 Å². The molecule has 8 nitrogen and oxygen atoms in total. The van der Waals surface area contributed by atoms with Crippen molar-refractivity contribution in [3.63, 3.8) is 0 Å². The van der Waals surface area contributed by atoms with Gasteiger partial charge in [-0.25, -0.2) is 4.68 Å². The Morgan fingerprint density at radius 1 is 1.09 bits per heavy atom. The van der Waals surface area contributed by atoms with Crippen LogP contribution in [0.1, 0.15) is 17.5 Å². The fourth-order valence-corrected chi connectivity index (χ4v) is 4.07. The smallest absolute Gasteiger partial charge is 0.191 e. The Kier molecular flexibility index (Phi) is 9.58. The number of halogens is 1. The van der Waals surface area contributed by atoms with Crippen molar-refractivity contribution in [1.29, 1.82) is 0 Å². The molecule has 0 bridgehead atoms. The number of likely N-dealkylation sites (tertiary alicyclic amines) is 1. The minimum Gasteiger partial charge on any atom is -0.497 e. The lowest BCUT2D eigenvalue weighted by Gasteiger charge is -2.19. The summed E-state index contributed by atoms with van der Waals surface area (Å²) in [5, 5.41) is 11.3. The van der Waals surface area contributed by atoms with E-state index in [0.717, 1.165) is 49.2 Å². The van der Waals surface area contributed by atoms with E-state index in [-0.39, 0.29) is 24.0 Å². The van der Waals surface area contributed by atoms with Gasteiger partial charge in [0.15, 0.2) is 5.96 Å². The van der Waals surface area contributed by atoms with Gasteiger partial charge >= 0.3 is 0 Å². The number of guanidine groups is 1. The zero-order valence-corrected chi connectivity index (χ0v) is 22.2. The molecule has 0 saturated carbocycles. The van der Waals surface area contributed by atoms with Crippen LogP contribution in [0.4, 0.5) is 0 Å². The van der Waals surface area contributed by atoms with Gasteiger partial charge in [0, 0.05) is 57.7 Å². The highest BCUT2D eigenvalue weighted by Crippen LogP contribution is 2.24. The molecule has 4 rings (SSSR count). The molecule has 34 heavy (non-hydrogen) atoms. The van der Waals surface area contributed by atoms with Crippen molar-refractivity contribution < 1.29 is 9.47 Å². The van der Waals surface area contributed by atoms with E-state index in [1.807, 2.05) is 30.1 Å². The Balaban J connectivity index is 0.00000324. The largest absolute Gasteiger partial charge is 0.497 e. The van der Waals surface area contributed by atoms with Gasteiger partial charge in [-0.15, -0.1) is 24.0 Å². The van der Waals surface area contributed by atoms with Crippen LogP contribution < -0.4 is 20.1 Å². The summed E-state index contributed by atoms with van der Waals surface area (Å²) in [5.41, 5.74) is 3.42. The van der Waals surface area contributed by atoms with Gasteiger partial charge in [-0.3, -0.25) is 9.89 Å². The Labute approximate surface area is 218 Å². The van der Waals surface area contributed by atoms with Crippen molar-refractivity contribution >= 4 is 29.9 Å². The highest BCUT2D eigenvalue weighted by atomic mass is 127. The zero-order chi connectivity index (χ0) is 23.0. The first kappa shape index (κ1) is 25.8. The molecule has 0 amide bonds. The highest BCUT2D eigenvalue weighted by Gasteiger charge is 2.23. The van der Waals surface area contributed by atoms with E-state index in [2.05, 4.69) is 62.0 Å². The minimum atomic E-state index is 0. The van der Waals surface area contributed by atoms with Crippen LogP contribution in [0.3, 0.4) is 0 Å². The van der Waals surface area contributed by atoms with Gasteiger partial charge < -0.3 is 20.1 Å². The first-order valence-corrected chi connectivity index (χ1v) is 11.2. The molecule has 1 fully saturated rings. The fourth-order valence-electron chi connectivity index (χ4n) is 4.07. The molecule has 1 saturated heterocycles. The third kappa shape index (κ3) is 6.86. The Hall–Kier alpha value is -2.79. The number of rotatable bonds is 8. The molecule has 1 aromatic heterocycles. The second-order valence-electron chi connectivity index (χ2n) is 8.13. The number of nitrogens with one attached hydrogen (secondary N) is 2. The van der Waals surface area contributed by atoms with E-state index in [9.17, 15) is 0 Å². The van der Waals surface area contributed by atoms with Crippen molar-refractivity contribution in [1.82, 2.24) is 25.3 Å². The SMILES string of the molecule is CN=C(NCc1ccc(-n2cccn2)cc1)NC1CCN(Cc2cc(OC)cc(OC)c2)C1.I. The van der Waals surface area contributed by atoms with Crippen LogP contribution in [0.25, 0.3) is 5.69 Å². The average molecular weight is 576 g/mol. The lowest BCUT2D eigenvalue weighted by atomic mass is 10.2. The third-order valence-corrected chi connectivity index (χ3v) is 5.82. The minimum absolute atomic E-state index is 0. The van der Waals surface area contributed by atoms with Crippen LogP contribution in [-0.4, -0.2) is 61.0 Å². The molecule has 2 aromatic carbocycles. The predicted molar refractivity (Wildman–Crippen MR) is 146 cm³/mol. The number of aromatic nitrogens is 2. The monoisotopic (exact) mass is 576 g/mol. The molecule has 0 aliphatic carbocycles. The van der Waals surface area contributed by atoms with E-state index in [4.69, 9.17) is 9.47 Å². The lowest BCUT2D eigenvalue weighted by molar-refractivity contribution is 0.321. The van der Waals surface area contributed by atoms with Crippen LogP contribution in [-0.2, 0) is 13.1 Å². The Bertz CT molecular complexity index is 1030. The molecule has 1 atom stereocenters. The normalized spacial score (nSPS) is 16.1. The topological polar surface area (TPSA) is 75.9 Å². The van der Waals surface area contributed by atoms with Gasteiger partial charge in [-0.2, -0.15) is 5.10 Å². The zero-order valence-electron chi connectivity index (χ0n) is 19.9. The van der Waals surface area contributed by atoms with E-state index >= 15 is 0 Å². The molecule has 1 aliphatic heterocycles. The fraction of sp³-hybridized carbons (Fsp3) is 0.360. The molecule has 3 aromatic rings. The first-order valence-electron chi connectivity index (χ1n) is 11.2. The van der Waals surface area contributed by atoms with Gasteiger partial charge in [0.2, 0.25) is 0 Å². The van der Waals surface area contributed by atoms with Crippen molar-refractivity contribution in [3.8, 4) is 17.2 Å². The number of methoxy groups -OCH3 is 2. The molecule has 2 N–H and O–H groups in total. The predicted octanol–water partition coefficient (Wildman–Crippen LogP) is 3.45. The molecule has 1 aliphatic rings. The van der Waals surface area contributed by atoms with E-state index in [1.165, 1.54) is 11.1 Å². The van der Waals surface area contributed by atoms with Crippen LogP contribution in [0, 0.1) is 0 Å². The van der Waals surface area contributed by atoms with Crippen LogP contribution >= 0.6 is 24.0 Å². The van der Waals surface area contributed by atoms with Crippen LogP contribution in [0.15, 0.2) is 65.9 Å². The maximum atomic E-state index is 5.40. The van der Waals surface area contributed by atoms with Crippen molar-refractivity contribution in [2.24, 2.45) is 4.99 Å². The number of ether oxygens (including phenoxy) is 2. The highest BCUT2D eigenvalue weighted by molar-refractivity contribution is 14.0. The second-order valence-corrected chi connectivity index (χ2v) is 8.13. The quantitative estimate of drug-likeness (QED) is 0.243. The van der Waals surface area contributed by atoms with Crippen molar-refractivity contribution in [3.05, 3.63) is 72.1 Å². The number of hydrogen-bond acceptors (Lipinski definition) is 5. The van der Waals surface area contributed by atoms with Crippen LogP contribution in [0.5, 0.6) is 11.5 Å². The van der Waals surface area contributed by atoms with Crippen molar-refractivity contribution in [2.75, 3.05) is 34.4 Å². The third-order valence-electron chi connectivity index (χ3n) is 5.82. The summed E-state index contributed by atoms with van der Waals surface area (Å²) in [4.78, 5) is 6.85. The first-order chi connectivity index (χ1) is 16.2. The van der Waals surface area contributed by atoms with Gasteiger partial charge in [-0.1, -0.05) is 12.1 Å². The van der Waals surface area contributed by atoms with Gasteiger partial charge in [0.1, 0.15) is 11.5 Å². The average Bonchev–Trinajstić information content (AvgIpc) is 3.54. The summed E-state index contributed by atoms with van der Waals surface area (Å²) >= 11 is 0. The summed E-state index contributed by atoms with van der Waals surface area (Å²) < 4.78 is 12.7. The van der Waals surface area contributed by atoms with E-state index in [1.54, 1.807) is 20.4 Å². The number of aliphatic imine (C=N–C) groups is 1. The van der Waals surface area contributed by atoms with Gasteiger partial charge in [0.25, 0.3) is 0 Å². The molecule has 1 unspecified atom stereocenters. The number of hydrogen-bond donors (Lipinski definition) is 2. The molecule has 9 heteroatoms. The summed E-state index contributed by atoms with van der Waals surface area (Å²) in [6.45, 7) is 3.56. The summed E-state index contributed by atoms with van der Waals surface area (Å²) in [6.07, 6.45) is 4.79. The molecular weight excluding hydrogens is 543 g/mol. The molecule has 2 heterocycles. The van der Waals surface area contributed by atoms with Crippen LogP contribution in [0.2, 0.25) is 0 Å². The van der Waals surface area contributed by atoms with Gasteiger partial charge in [-0.05, 0) is 47.9 Å². The molecule has 0 radical (unpaired) electrons. The molecular formula is C25H33IN6O2. The summed E-state index contributed by atoms with van der Waals surface area (Å²) in [7, 11) is 5.17. The second kappa shape index (κ2) is 12.6.